The van der Waals surface area contributed by atoms with E-state index in [1.165, 1.54) is 0 Å². The Balaban J connectivity index is 2.02. The molecule has 1 aliphatic heterocycles. The second-order valence-electron chi connectivity index (χ2n) is 6.06. The largest absolute Gasteiger partial charge is 0.481 e. The first-order chi connectivity index (χ1) is 9.90. The van der Waals surface area contributed by atoms with Gasteiger partial charge in [0.2, 0.25) is 0 Å². The van der Waals surface area contributed by atoms with Crippen molar-refractivity contribution in [3.8, 4) is 0 Å². The molecule has 1 fully saturated rings. The fourth-order valence-electron chi connectivity index (χ4n) is 2.21. The summed E-state index contributed by atoms with van der Waals surface area (Å²) < 4.78 is 5.36. The Hall–Kier alpha value is -1.88. The van der Waals surface area contributed by atoms with Gasteiger partial charge in [-0.05, 0) is 38.0 Å². The van der Waals surface area contributed by atoms with Gasteiger partial charge in [-0.1, -0.05) is 12.1 Å². The van der Waals surface area contributed by atoms with Gasteiger partial charge in [0.15, 0.2) is 0 Å². The van der Waals surface area contributed by atoms with Crippen LogP contribution in [-0.4, -0.2) is 36.7 Å². The third-order valence-electron chi connectivity index (χ3n) is 3.82. The quantitative estimate of drug-likeness (QED) is 0.870. The third kappa shape index (κ3) is 3.82. The minimum Gasteiger partial charge on any atom is -0.481 e. The number of carboxylic acid groups (broad SMARTS) is 1. The predicted octanol–water partition coefficient (Wildman–Crippen LogP) is 2.03. The summed E-state index contributed by atoms with van der Waals surface area (Å²) >= 11 is 0. The summed E-state index contributed by atoms with van der Waals surface area (Å²) in [5.74, 6) is -0.835. The average molecular weight is 291 g/mol. The number of aliphatic carboxylic acids is 1. The highest BCUT2D eigenvalue weighted by Gasteiger charge is 2.27. The first-order valence-corrected chi connectivity index (χ1v) is 7.09. The SMILES string of the molecule is CC(C)(CNC(=O)c1cccc(C2CCOC2)c1)C(=O)O. The third-order valence-corrected chi connectivity index (χ3v) is 3.82. The van der Waals surface area contributed by atoms with Gasteiger partial charge in [0.1, 0.15) is 0 Å². The molecule has 1 saturated heterocycles. The van der Waals surface area contributed by atoms with Crippen molar-refractivity contribution in [3.05, 3.63) is 35.4 Å². The highest BCUT2D eigenvalue weighted by atomic mass is 16.5. The zero-order chi connectivity index (χ0) is 15.5. The summed E-state index contributed by atoms with van der Waals surface area (Å²) in [6.45, 7) is 4.72. The van der Waals surface area contributed by atoms with Crippen molar-refractivity contribution in [2.75, 3.05) is 19.8 Å². The second kappa shape index (κ2) is 6.26. The van der Waals surface area contributed by atoms with E-state index in [1.807, 2.05) is 18.2 Å². The lowest BCUT2D eigenvalue weighted by molar-refractivity contribution is -0.146. The Morgan fingerprint density at radius 1 is 1.43 bits per heavy atom. The molecule has 0 aliphatic carbocycles. The number of carbonyl (C=O) groups excluding carboxylic acids is 1. The molecule has 1 atom stereocenters. The zero-order valence-corrected chi connectivity index (χ0v) is 12.4. The molecule has 1 aliphatic rings. The van der Waals surface area contributed by atoms with Crippen molar-refractivity contribution in [3.63, 3.8) is 0 Å². The van der Waals surface area contributed by atoms with Crippen LogP contribution in [0.15, 0.2) is 24.3 Å². The van der Waals surface area contributed by atoms with Crippen LogP contribution in [0, 0.1) is 5.41 Å². The summed E-state index contributed by atoms with van der Waals surface area (Å²) in [4.78, 5) is 23.2. The van der Waals surface area contributed by atoms with Gasteiger partial charge in [-0.2, -0.15) is 0 Å². The molecule has 5 heteroatoms. The Morgan fingerprint density at radius 2 is 2.19 bits per heavy atom. The first-order valence-electron chi connectivity index (χ1n) is 7.09. The molecule has 0 saturated carbocycles. The van der Waals surface area contributed by atoms with Gasteiger partial charge < -0.3 is 15.2 Å². The van der Waals surface area contributed by atoms with E-state index in [2.05, 4.69) is 5.32 Å². The van der Waals surface area contributed by atoms with Crippen molar-refractivity contribution >= 4 is 11.9 Å². The van der Waals surface area contributed by atoms with E-state index in [9.17, 15) is 9.59 Å². The van der Waals surface area contributed by atoms with Crippen molar-refractivity contribution in [2.45, 2.75) is 26.2 Å². The molecule has 2 N–H and O–H groups in total. The smallest absolute Gasteiger partial charge is 0.310 e. The van der Waals surface area contributed by atoms with Crippen molar-refractivity contribution in [1.29, 1.82) is 0 Å². The molecule has 0 bridgehead atoms. The summed E-state index contributed by atoms with van der Waals surface area (Å²) in [6.07, 6.45) is 0.969. The molecule has 1 aromatic carbocycles. The van der Waals surface area contributed by atoms with Gasteiger partial charge in [-0.15, -0.1) is 0 Å². The zero-order valence-electron chi connectivity index (χ0n) is 12.4. The highest BCUT2D eigenvalue weighted by Crippen LogP contribution is 2.25. The number of carbonyl (C=O) groups is 2. The lowest BCUT2D eigenvalue weighted by atomic mass is 9.93. The van der Waals surface area contributed by atoms with Gasteiger partial charge in [-0.3, -0.25) is 9.59 Å². The Labute approximate surface area is 124 Å². The number of ether oxygens (including phenoxy) is 1. The Bertz CT molecular complexity index is 533. The molecule has 5 nitrogen and oxygen atoms in total. The number of benzene rings is 1. The van der Waals surface area contributed by atoms with Crippen LogP contribution < -0.4 is 5.32 Å². The van der Waals surface area contributed by atoms with Crippen molar-refractivity contribution < 1.29 is 19.4 Å². The van der Waals surface area contributed by atoms with Gasteiger partial charge >= 0.3 is 5.97 Å². The summed E-state index contributed by atoms with van der Waals surface area (Å²) in [7, 11) is 0. The van der Waals surface area contributed by atoms with Gasteiger partial charge in [-0.25, -0.2) is 0 Å². The fraction of sp³-hybridized carbons (Fsp3) is 0.500. The van der Waals surface area contributed by atoms with Gasteiger partial charge in [0.25, 0.3) is 5.91 Å². The van der Waals surface area contributed by atoms with Crippen molar-refractivity contribution in [2.24, 2.45) is 5.41 Å². The molecule has 0 spiro atoms. The average Bonchev–Trinajstić information content (AvgIpc) is 2.99. The van der Waals surface area contributed by atoms with Gasteiger partial charge in [0, 0.05) is 24.6 Å². The topological polar surface area (TPSA) is 75.6 Å². The molecule has 0 radical (unpaired) electrons. The molecule has 21 heavy (non-hydrogen) atoms. The van der Waals surface area contributed by atoms with Crippen LogP contribution in [0.2, 0.25) is 0 Å². The molecule has 1 amide bonds. The number of amides is 1. The molecule has 2 rings (SSSR count). The van der Waals surface area contributed by atoms with E-state index >= 15 is 0 Å². The lowest BCUT2D eigenvalue weighted by Crippen LogP contribution is -2.38. The minimum atomic E-state index is -0.980. The van der Waals surface area contributed by atoms with E-state index < -0.39 is 11.4 Å². The molecule has 1 unspecified atom stereocenters. The van der Waals surface area contributed by atoms with Crippen LogP contribution in [0.25, 0.3) is 0 Å². The number of nitrogens with one attached hydrogen (secondary N) is 1. The fourth-order valence-corrected chi connectivity index (χ4v) is 2.21. The van der Waals surface area contributed by atoms with Crippen LogP contribution in [0.1, 0.15) is 42.1 Å². The first kappa shape index (κ1) is 15.5. The maximum absolute atomic E-state index is 12.1. The van der Waals surface area contributed by atoms with E-state index in [4.69, 9.17) is 9.84 Å². The maximum Gasteiger partial charge on any atom is 0.310 e. The summed E-state index contributed by atoms with van der Waals surface area (Å²) in [6, 6.07) is 7.45. The van der Waals surface area contributed by atoms with Crippen LogP contribution >= 0.6 is 0 Å². The van der Waals surface area contributed by atoms with E-state index in [-0.39, 0.29) is 12.5 Å². The maximum atomic E-state index is 12.1. The van der Waals surface area contributed by atoms with Crippen LogP contribution in [0.3, 0.4) is 0 Å². The van der Waals surface area contributed by atoms with Crippen molar-refractivity contribution in [1.82, 2.24) is 5.32 Å². The van der Waals surface area contributed by atoms with Gasteiger partial charge in [0.05, 0.1) is 12.0 Å². The highest BCUT2D eigenvalue weighted by molar-refractivity contribution is 5.94. The number of rotatable bonds is 5. The van der Waals surface area contributed by atoms with E-state index in [1.54, 1.807) is 19.9 Å². The Kier molecular flexibility index (Phi) is 4.63. The minimum absolute atomic E-state index is 0.0952. The number of hydrogen-bond acceptors (Lipinski definition) is 3. The summed E-state index contributed by atoms with van der Waals surface area (Å²) in [5, 5.41) is 11.7. The molecular formula is C16H21NO4. The number of hydrogen-bond donors (Lipinski definition) is 2. The second-order valence-corrected chi connectivity index (χ2v) is 6.06. The van der Waals surface area contributed by atoms with Crippen LogP contribution in [0.4, 0.5) is 0 Å². The normalized spacial score (nSPS) is 18.5. The molecular weight excluding hydrogens is 270 g/mol. The van der Waals surface area contributed by atoms with Crippen LogP contribution in [0.5, 0.6) is 0 Å². The molecule has 1 aromatic rings. The van der Waals surface area contributed by atoms with E-state index in [0.717, 1.165) is 18.6 Å². The molecule has 1 heterocycles. The molecule has 114 valence electrons. The number of carboxylic acids is 1. The summed E-state index contributed by atoms with van der Waals surface area (Å²) in [5.41, 5.74) is 0.672. The standard InChI is InChI=1S/C16H21NO4/c1-16(2,15(19)20)10-17-14(18)12-5-3-4-11(8-12)13-6-7-21-9-13/h3-5,8,13H,6-7,9-10H2,1-2H3,(H,17,18)(H,19,20). The Morgan fingerprint density at radius 3 is 2.81 bits per heavy atom. The monoisotopic (exact) mass is 291 g/mol. The predicted molar refractivity (Wildman–Crippen MR) is 78.4 cm³/mol. The molecule has 0 aromatic heterocycles. The van der Waals surface area contributed by atoms with E-state index in [0.29, 0.717) is 18.1 Å². The lowest BCUT2D eigenvalue weighted by Gasteiger charge is -2.19. The van der Waals surface area contributed by atoms with Crippen LogP contribution in [-0.2, 0) is 9.53 Å².